The zero-order chi connectivity index (χ0) is 18.1. The van der Waals surface area contributed by atoms with Gasteiger partial charge >= 0.3 is 0 Å². The first-order valence-electron chi connectivity index (χ1n) is 9.39. The maximum Gasteiger partial charge on any atom is 0.261 e. The number of carbonyl (C=O) groups excluding carboxylic acids is 2. The number of rotatable bonds is 5. The Morgan fingerprint density at radius 2 is 1.62 bits per heavy atom. The number of nitrogens with one attached hydrogen (secondary N) is 1. The molecule has 0 aromatic heterocycles. The van der Waals surface area contributed by atoms with E-state index < -0.39 is 0 Å². The molecule has 2 unspecified atom stereocenters. The third-order valence-corrected chi connectivity index (χ3v) is 5.47. The van der Waals surface area contributed by atoms with Crippen LogP contribution < -0.4 is 5.32 Å². The third kappa shape index (κ3) is 3.17. The van der Waals surface area contributed by atoms with Crippen molar-refractivity contribution in [3.8, 4) is 0 Å². The fourth-order valence-electron chi connectivity index (χ4n) is 4.02. The van der Waals surface area contributed by atoms with Gasteiger partial charge in [0.25, 0.3) is 11.8 Å². The molecule has 2 atom stereocenters. The van der Waals surface area contributed by atoms with Crippen LogP contribution in [0.3, 0.4) is 0 Å². The highest BCUT2D eigenvalue weighted by Gasteiger charge is 2.35. The number of hydrogen-bond acceptors (Lipinski definition) is 3. The zero-order valence-corrected chi connectivity index (χ0v) is 15.1. The SMILES string of the molecule is CC(CNC1CCc2ccccc2C1)CN1C(=O)c2ccccc2C1=O. The van der Waals surface area contributed by atoms with Crippen molar-refractivity contribution < 1.29 is 9.59 Å². The summed E-state index contributed by atoms with van der Waals surface area (Å²) >= 11 is 0. The molecule has 1 heterocycles. The highest BCUT2D eigenvalue weighted by atomic mass is 16.2. The molecule has 2 amide bonds. The van der Waals surface area contributed by atoms with Crippen LogP contribution in [0.5, 0.6) is 0 Å². The number of fused-ring (bicyclic) bond motifs is 2. The lowest BCUT2D eigenvalue weighted by atomic mass is 9.88. The normalized spacial score (nSPS) is 20.0. The molecule has 1 N–H and O–H groups in total. The quantitative estimate of drug-likeness (QED) is 0.845. The molecule has 1 aliphatic carbocycles. The Morgan fingerprint density at radius 1 is 1.00 bits per heavy atom. The predicted octanol–water partition coefficient (Wildman–Crippen LogP) is 3.07. The summed E-state index contributed by atoms with van der Waals surface area (Å²) in [6.07, 6.45) is 3.30. The molecule has 26 heavy (non-hydrogen) atoms. The van der Waals surface area contributed by atoms with Crippen LogP contribution >= 0.6 is 0 Å². The second-order valence-electron chi connectivity index (χ2n) is 7.49. The molecule has 4 nitrogen and oxygen atoms in total. The van der Waals surface area contributed by atoms with E-state index >= 15 is 0 Å². The number of benzene rings is 2. The Bertz CT molecular complexity index is 811. The Kier molecular flexibility index (Phi) is 4.60. The predicted molar refractivity (Wildman–Crippen MR) is 101 cm³/mol. The number of carbonyl (C=O) groups is 2. The second-order valence-corrected chi connectivity index (χ2v) is 7.49. The summed E-state index contributed by atoms with van der Waals surface area (Å²) in [6, 6.07) is 16.2. The second kappa shape index (κ2) is 7.04. The maximum atomic E-state index is 12.5. The van der Waals surface area contributed by atoms with Crippen molar-refractivity contribution in [2.45, 2.75) is 32.2 Å². The molecule has 0 fully saturated rings. The fraction of sp³-hybridized carbons (Fsp3) is 0.364. The van der Waals surface area contributed by atoms with E-state index in [1.807, 2.05) is 0 Å². The Morgan fingerprint density at radius 3 is 2.31 bits per heavy atom. The van der Waals surface area contributed by atoms with E-state index in [2.05, 4.69) is 36.5 Å². The number of imide groups is 1. The van der Waals surface area contributed by atoms with E-state index in [1.165, 1.54) is 16.0 Å². The number of amides is 2. The molecule has 1 aliphatic heterocycles. The lowest BCUT2D eigenvalue weighted by Crippen LogP contribution is -2.41. The lowest BCUT2D eigenvalue weighted by molar-refractivity contribution is 0.0632. The fourth-order valence-corrected chi connectivity index (χ4v) is 4.02. The summed E-state index contributed by atoms with van der Waals surface area (Å²) < 4.78 is 0. The highest BCUT2D eigenvalue weighted by Crippen LogP contribution is 2.24. The lowest BCUT2D eigenvalue weighted by Gasteiger charge is -2.27. The van der Waals surface area contributed by atoms with Gasteiger partial charge in [-0.25, -0.2) is 0 Å². The number of aryl methyl sites for hydroxylation is 1. The molecule has 0 spiro atoms. The Hall–Kier alpha value is -2.46. The Balaban J connectivity index is 1.32. The van der Waals surface area contributed by atoms with Gasteiger partial charge in [-0.2, -0.15) is 0 Å². The molecule has 4 rings (SSSR count). The molecule has 4 heteroatoms. The van der Waals surface area contributed by atoms with Gasteiger partial charge in [-0.05, 0) is 55.0 Å². The van der Waals surface area contributed by atoms with E-state index in [1.54, 1.807) is 24.3 Å². The average Bonchev–Trinajstić information content (AvgIpc) is 2.91. The standard InChI is InChI=1S/C22H24N2O2/c1-15(13-23-18-11-10-16-6-2-3-7-17(16)12-18)14-24-21(25)19-8-4-5-9-20(19)22(24)26/h2-9,15,18,23H,10-14H2,1H3. The Labute approximate surface area is 154 Å². The molecule has 0 saturated heterocycles. The van der Waals surface area contributed by atoms with E-state index in [0.29, 0.717) is 23.7 Å². The first-order valence-corrected chi connectivity index (χ1v) is 9.39. The van der Waals surface area contributed by atoms with Crippen molar-refractivity contribution in [3.05, 3.63) is 70.8 Å². The zero-order valence-electron chi connectivity index (χ0n) is 15.1. The minimum absolute atomic E-state index is 0.163. The van der Waals surface area contributed by atoms with Gasteiger partial charge in [0.15, 0.2) is 0 Å². The molecule has 0 radical (unpaired) electrons. The van der Waals surface area contributed by atoms with Crippen LogP contribution in [0.2, 0.25) is 0 Å². The van der Waals surface area contributed by atoms with Crippen LogP contribution in [0.25, 0.3) is 0 Å². The van der Waals surface area contributed by atoms with E-state index in [-0.39, 0.29) is 17.7 Å². The van der Waals surface area contributed by atoms with Crippen molar-refractivity contribution >= 4 is 11.8 Å². The van der Waals surface area contributed by atoms with Crippen LogP contribution in [0.1, 0.15) is 45.2 Å². The van der Waals surface area contributed by atoms with Crippen molar-refractivity contribution in [2.24, 2.45) is 5.92 Å². The van der Waals surface area contributed by atoms with Crippen molar-refractivity contribution in [2.75, 3.05) is 13.1 Å². The van der Waals surface area contributed by atoms with Gasteiger partial charge in [0, 0.05) is 12.6 Å². The van der Waals surface area contributed by atoms with Gasteiger partial charge < -0.3 is 5.32 Å². The first-order chi connectivity index (χ1) is 12.6. The van der Waals surface area contributed by atoms with Crippen LogP contribution in [0, 0.1) is 5.92 Å². The molecule has 2 aromatic carbocycles. The summed E-state index contributed by atoms with van der Waals surface area (Å²) in [6.45, 7) is 3.36. The van der Waals surface area contributed by atoms with Gasteiger partial charge in [0.2, 0.25) is 0 Å². The average molecular weight is 348 g/mol. The summed E-state index contributed by atoms with van der Waals surface area (Å²) in [4.78, 5) is 26.3. The molecular formula is C22H24N2O2. The van der Waals surface area contributed by atoms with E-state index in [4.69, 9.17) is 0 Å². The van der Waals surface area contributed by atoms with Gasteiger partial charge in [-0.1, -0.05) is 43.3 Å². The topological polar surface area (TPSA) is 49.4 Å². The van der Waals surface area contributed by atoms with Crippen LogP contribution in [-0.4, -0.2) is 35.8 Å². The van der Waals surface area contributed by atoms with Gasteiger partial charge in [-0.3, -0.25) is 14.5 Å². The molecule has 134 valence electrons. The summed E-state index contributed by atoms with van der Waals surface area (Å²) in [5.41, 5.74) is 3.96. The van der Waals surface area contributed by atoms with Crippen molar-refractivity contribution in [3.63, 3.8) is 0 Å². The summed E-state index contributed by atoms with van der Waals surface area (Å²) in [5, 5.41) is 3.64. The van der Waals surface area contributed by atoms with E-state index in [0.717, 1.165) is 25.8 Å². The largest absolute Gasteiger partial charge is 0.313 e. The van der Waals surface area contributed by atoms with Crippen molar-refractivity contribution in [1.29, 1.82) is 0 Å². The van der Waals surface area contributed by atoms with Gasteiger partial charge in [0.05, 0.1) is 11.1 Å². The minimum atomic E-state index is -0.163. The molecule has 2 aliphatic rings. The monoisotopic (exact) mass is 348 g/mol. The van der Waals surface area contributed by atoms with Crippen molar-refractivity contribution in [1.82, 2.24) is 10.2 Å². The molecular weight excluding hydrogens is 324 g/mol. The van der Waals surface area contributed by atoms with Crippen LogP contribution in [0.15, 0.2) is 48.5 Å². The van der Waals surface area contributed by atoms with Crippen LogP contribution in [-0.2, 0) is 12.8 Å². The number of hydrogen-bond donors (Lipinski definition) is 1. The summed E-state index contributed by atoms with van der Waals surface area (Å²) in [7, 11) is 0. The molecule has 2 aromatic rings. The first kappa shape index (κ1) is 17.0. The van der Waals surface area contributed by atoms with Gasteiger partial charge in [0.1, 0.15) is 0 Å². The molecule has 0 saturated carbocycles. The maximum absolute atomic E-state index is 12.5. The highest BCUT2D eigenvalue weighted by molar-refractivity contribution is 6.21. The minimum Gasteiger partial charge on any atom is -0.313 e. The summed E-state index contributed by atoms with van der Waals surface area (Å²) in [5.74, 6) is -0.109. The van der Waals surface area contributed by atoms with E-state index in [9.17, 15) is 9.59 Å². The smallest absolute Gasteiger partial charge is 0.261 e. The number of nitrogens with zero attached hydrogens (tertiary/aromatic N) is 1. The molecule has 0 bridgehead atoms. The van der Waals surface area contributed by atoms with Gasteiger partial charge in [-0.15, -0.1) is 0 Å². The van der Waals surface area contributed by atoms with Crippen LogP contribution in [0.4, 0.5) is 0 Å². The third-order valence-electron chi connectivity index (χ3n) is 5.47.